The van der Waals surface area contributed by atoms with Gasteiger partial charge in [0, 0.05) is 5.41 Å². The molecule has 2 heterocycles. The Morgan fingerprint density at radius 1 is 0.776 bits per heavy atom. The SMILES string of the molecule is COC(=O)C1OC(OC2CCC3(C)C(CCC4(C)C3CC=C3C5C(C)C(C)CCC5(C(=O)OC5OC(CO)C(O)C(O)C5O)CCC34C)C2(C)CO)C(O)C(O)C1O. The van der Waals surface area contributed by atoms with Crippen molar-refractivity contribution in [2.45, 2.75) is 167 Å². The zero-order chi connectivity index (χ0) is 42.5. The number of carbonyl (C=O) groups excluding carboxylic acids is 2. The third kappa shape index (κ3) is 6.30. The van der Waals surface area contributed by atoms with Gasteiger partial charge in [-0.05, 0) is 104 Å². The van der Waals surface area contributed by atoms with Crippen molar-refractivity contribution in [1.82, 2.24) is 0 Å². The number of aliphatic hydroxyl groups excluding tert-OH is 8. The third-order valence-corrected chi connectivity index (χ3v) is 17.9. The molecule has 330 valence electrons. The second-order valence-electron chi connectivity index (χ2n) is 20.2. The number of ether oxygens (including phenoxy) is 5. The summed E-state index contributed by atoms with van der Waals surface area (Å²) >= 11 is 0. The molecule has 15 nitrogen and oxygen atoms in total. The van der Waals surface area contributed by atoms with E-state index >= 15 is 0 Å². The monoisotopic (exact) mass is 824 g/mol. The largest absolute Gasteiger partial charge is 0.467 e. The van der Waals surface area contributed by atoms with Crippen LogP contribution in [0.2, 0.25) is 0 Å². The van der Waals surface area contributed by atoms with Crippen molar-refractivity contribution in [3.05, 3.63) is 11.6 Å². The number of aliphatic hydroxyl groups is 8. The van der Waals surface area contributed by atoms with E-state index in [0.717, 1.165) is 45.6 Å². The number of rotatable bonds is 7. The fourth-order valence-electron chi connectivity index (χ4n) is 13.9. The molecule has 0 bridgehead atoms. The zero-order valence-electron chi connectivity index (χ0n) is 35.0. The van der Waals surface area contributed by atoms with E-state index in [4.69, 9.17) is 23.7 Å². The first kappa shape index (κ1) is 44.3. The molecule has 7 aliphatic rings. The first-order valence-electron chi connectivity index (χ1n) is 21.5. The predicted octanol–water partition coefficient (Wildman–Crippen LogP) is 1.33. The Bertz CT molecular complexity index is 1590. The number of fused-ring (bicyclic) bond motifs is 7. The minimum absolute atomic E-state index is 0.00199. The van der Waals surface area contributed by atoms with Gasteiger partial charge in [-0.2, -0.15) is 0 Å². The molecule has 5 aliphatic carbocycles. The van der Waals surface area contributed by atoms with Crippen LogP contribution >= 0.6 is 0 Å². The zero-order valence-corrected chi connectivity index (χ0v) is 35.0. The Labute approximate surface area is 341 Å². The van der Waals surface area contributed by atoms with Gasteiger partial charge in [0.1, 0.15) is 42.7 Å². The lowest BCUT2D eigenvalue weighted by atomic mass is 9.33. The van der Waals surface area contributed by atoms with Gasteiger partial charge in [-0.15, -0.1) is 0 Å². The molecule has 4 saturated carbocycles. The van der Waals surface area contributed by atoms with Crippen LogP contribution in [0.1, 0.15) is 99.3 Å². The molecule has 21 atom stereocenters. The Balaban J connectivity index is 1.17. The predicted molar refractivity (Wildman–Crippen MR) is 204 cm³/mol. The van der Waals surface area contributed by atoms with Crippen molar-refractivity contribution in [3.8, 4) is 0 Å². The van der Waals surface area contributed by atoms with Gasteiger partial charge in [-0.25, -0.2) is 4.79 Å². The maximum Gasteiger partial charge on any atom is 0.337 e. The molecular formula is C43H68O15. The van der Waals surface area contributed by atoms with E-state index in [1.165, 1.54) is 5.57 Å². The summed E-state index contributed by atoms with van der Waals surface area (Å²) < 4.78 is 28.5. The minimum atomic E-state index is -1.71. The summed E-state index contributed by atoms with van der Waals surface area (Å²) in [6.07, 6.45) is -7.54. The molecule has 0 spiro atoms. The molecule has 7 rings (SSSR count). The molecule has 6 fully saturated rings. The summed E-state index contributed by atoms with van der Waals surface area (Å²) in [5.41, 5.74) is -1.11. The fraction of sp³-hybridized carbons (Fsp3) is 0.907. The van der Waals surface area contributed by atoms with Gasteiger partial charge < -0.3 is 64.5 Å². The van der Waals surface area contributed by atoms with Gasteiger partial charge in [-0.1, -0.05) is 53.2 Å². The highest BCUT2D eigenvalue weighted by Gasteiger charge is 2.71. The standard InChI is InChI=1S/C43H68O15/c1-20-10-15-43(38(53)58-36-32(50)29(47)28(46)23(18-44)55-36)17-16-41(5)22(27(43)21(20)2)8-9-25-39(3)13-12-26(40(4,19-45)24(39)11-14-42(25,41)6)56-37-33(51)30(48)31(49)34(57-37)35(52)54-7/h8,20-21,23-34,36-37,44-51H,9-19H2,1-7H3. The molecule has 0 radical (unpaired) electrons. The number of carbonyl (C=O) groups is 2. The van der Waals surface area contributed by atoms with Gasteiger partial charge in [-0.3, -0.25) is 4.79 Å². The normalized spacial score (nSPS) is 54.2. The first-order valence-corrected chi connectivity index (χ1v) is 21.5. The van der Waals surface area contributed by atoms with Gasteiger partial charge in [0.15, 0.2) is 12.4 Å². The van der Waals surface area contributed by atoms with Gasteiger partial charge in [0.2, 0.25) is 6.29 Å². The topological polar surface area (TPSA) is 242 Å². The molecule has 2 aliphatic heterocycles. The lowest BCUT2D eigenvalue weighted by molar-refractivity contribution is -0.327. The number of methoxy groups -OCH3 is 1. The van der Waals surface area contributed by atoms with Gasteiger partial charge in [0.25, 0.3) is 0 Å². The fourth-order valence-corrected chi connectivity index (χ4v) is 13.9. The smallest absolute Gasteiger partial charge is 0.337 e. The molecule has 8 N–H and O–H groups in total. The van der Waals surface area contributed by atoms with Crippen LogP contribution in [0.3, 0.4) is 0 Å². The van der Waals surface area contributed by atoms with E-state index in [1.807, 2.05) is 6.92 Å². The summed E-state index contributed by atoms with van der Waals surface area (Å²) in [7, 11) is 1.14. The highest BCUT2D eigenvalue weighted by molar-refractivity contribution is 5.79. The van der Waals surface area contributed by atoms with E-state index in [1.54, 1.807) is 0 Å². The van der Waals surface area contributed by atoms with Gasteiger partial charge in [0.05, 0.1) is 31.8 Å². The van der Waals surface area contributed by atoms with Crippen LogP contribution in [0.15, 0.2) is 11.6 Å². The van der Waals surface area contributed by atoms with Crippen molar-refractivity contribution in [1.29, 1.82) is 0 Å². The van der Waals surface area contributed by atoms with Crippen LogP contribution < -0.4 is 0 Å². The second kappa shape index (κ2) is 15.5. The molecule has 0 aromatic rings. The lowest BCUT2D eigenvalue weighted by Gasteiger charge is -2.71. The second-order valence-corrected chi connectivity index (χ2v) is 20.2. The summed E-state index contributed by atoms with van der Waals surface area (Å²) in [6, 6.07) is 0. The van der Waals surface area contributed by atoms with Crippen molar-refractivity contribution in [2.75, 3.05) is 20.3 Å². The molecule has 15 heteroatoms. The molecule has 21 unspecified atom stereocenters. The van der Waals surface area contributed by atoms with E-state index < -0.39 is 96.9 Å². The van der Waals surface area contributed by atoms with Crippen molar-refractivity contribution < 1.29 is 74.1 Å². The Morgan fingerprint density at radius 2 is 1.45 bits per heavy atom. The van der Waals surface area contributed by atoms with E-state index in [0.29, 0.717) is 25.2 Å². The average molecular weight is 825 g/mol. The number of hydrogen-bond acceptors (Lipinski definition) is 15. The molecule has 0 aromatic carbocycles. The van der Waals surface area contributed by atoms with E-state index in [9.17, 15) is 50.4 Å². The summed E-state index contributed by atoms with van der Waals surface area (Å²) in [5.74, 6) is -0.864. The van der Waals surface area contributed by atoms with Crippen LogP contribution in [-0.2, 0) is 33.3 Å². The van der Waals surface area contributed by atoms with Crippen LogP contribution in [0.5, 0.6) is 0 Å². The summed E-state index contributed by atoms with van der Waals surface area (Å²) in [5, 5.41) is 84.6. The Hall–Kier alpha value is -1.76. The maximum absolute atomic E-state index is 14.6. The van der Waals surface area contributed by atoms with Crippen LogP contribution in [-0.4, -0.2) is 141 Å². The third-order valence-electron chi connectivity index (χ3n) is 17.9. The highest BCUT2D eigenvalue weighted by atomic mass is 16.7. The number of hydrogen-bond donors (Lipinski definition) is 8. The van der Waals surface area contributed by atoms with E-state index in [2.05, 4.69) is 40.7 Å². The highest BCUT2D eigenvalue weighted by Crippen LogP contribution is 2.76. The van der Waals surface area contributed by atoms with Crippen LogP contribution in [0.4, 0.5) is 0 Å². The minimum Gasteiger partial charge on any atom is -0.467 e. The Morgan fingerprint density at radius 3 is 2.10 bits per heavy atom. The van der Waals surface area contributed by atoms with Gasteiger partial charge >= 0.3 is 11.9 Å². The quantitative estimate of drug-likeness (QED) is 0.103. The molecular weight excluding hydrogens is 756 g/mol. The van der Waals surface area contributed by atoms with Crippen molar-refractivity contribution in [2.24, 2.45) is 56.7 Å². The Kier molecular flexibility index (Phi) is 11.9. The van der Waals surface area contributed by atoms with Crippen LogP contribution in [0, 0.1) is 56.7 Å². The molecule has 0 aromatic heterocycles. The van der Waals surface area contributed by atoms with Crippen LogP contribution in [0.25, 0.3) is 0 Å². The molecule has 58 heavy (non-hydrogen) atoms. The van der Waals surface area contributed by atoms with Crippen molar-refractivity contribution in [3.63, 3.8) is 0 Å². The summed E-state index contributed by atoms with van der Waals surface area (Å²) in [4.78, 5) is 27.0. The lowest BCUT2D eigenvalue weighted by Crippen LogP contribution is -2.67. The number of esters is 2. The average Bonchev–Trinajstić information content (AvgIpc) is 3.20. The molecule has 2 saturated heterocycles. The first-order chi connectivity index (χ1) is 27.2. The summed E-state index contributed by atoms with van der Waals surface area (Å²) in [6.45, 7) is 12.7. The number of allylic oxidation sites excluding steroid dienone is 2. The van der Waals surface area contributed by atoms with E-state index in [-0.39, 0.29) is 46.5 Å². The van der Waals surface area contributed by atoms with Crippen molar-refractivity contribution >= 4 is 11.9 Å². The molecule has 0 amide bonds. The maximum atomic E-state index is 14.6.